The van der Waals surface area contributed by atoms with Crippen molar-refractivity contribution >= 4 is 60.4 Å². The summed E-state index contributed by atoms with van der Waals surface area (Å²) in [5.41, 5.74) is 0.103. The highest BCUT2D eigenvalue weighted by Crippen LogP contribution is 2.58. The monoisotopic (exact) mass is 467 g/mol. The molecule has 5 heterocycles. The molecule has 0 spiro atoms. The fourth-order valence-corrected chi connectivity index (χ4v) is 6.76. The third kappa shape index (κ3) is 1.87. The Morgan fingerprint density at radius 2 is 1.71 bits per heavy atom. The number of carbonyl (C=O) groups excluding carboxylic acids is 1. The van der Waals surface area contributed by atoms with E-state index in [-0.39, 0.29) is 12.3 Å². The number of esters is 1. The zero-order chi connectivity index (χ0) is 23.9. The average Bonchev–Trinajstić information content (AvgIpc) is 3.55. The molecule has 0 amide bonds. The number of fused-ring (bicyclic) bond motifs is 13. The van der Waals surface area contributed by atoms with Crippen LogP contribution in [0.25, 0.3) is 54.4 Å². The van der Waals surface area contributed by atoms with Crippen LogP contribution in [-0.2, 0) is 20.0 Å². The predicted octanol–water partition coefficient (Wildman–Crippen LogP) is 4.60. The quantitative estimate of drug-likeness (QED) is 0.307. The maximum absolute atomic E-state index is 13.1. The van der Waals surface area contributed by atoms with Crippen LogP contribution >= 0.6 is 0 Å². The number of hydrogen-bond acceptors (Lipinski definition) is 5. The van der Waals surface area contributed by atoms with Crippen molar-refractivity contribution in [3.63, 3.8) is 0 Å². The first-order chi connectivity index (χ1) is 16.9. The van der Waals surface area contributed by atoms with Gasteiger partial charge in [0.1, 0.15) is 6.23 Å². The van der Waals surface area contributed by atoms with Crippen molar-refractivity contribution in [2.24, 2.45) is 0 Å². The molecule has 0 aliphatic carbocycles. The number of aromatic nitrogens is 3. The average molecular weight is 467 g/mol. The third-order valence-electron chi connectivity index (χ3n) is 8.23. The van der Waals surface area contributed by atoms with Crippen molar-refractivity contribution < 1.29 is 24.5 Å². The topological polar surface area (TPSA) is 102 Å². The van der Waals surface area contributed by atoms with Crippen LogP contribution < -0.4 is 0 Å². The van der Waals surface area contributed by atoms with Gasteiger partial charge in [0.15, 0.2) is 11.6 Å². The Kier molecular flexibility index (Phi) is 3.19. The van der Waals surface area contributed by atoms with E-state index in [1.54, 1.807) is 6.92 Å². The molecule has 1 fully saturated rings. The largest absolute Gasteiger partial charge is 0.494 e. The Balaban J connectivity index is 1.76. The Hall–Kier alpha value is -4.01. The van der Waals surface area contributed by atoms with Crippen molar-refractivity contribution in [2.75, 3.05) is 7.11 Å². The second kappa shape index (κ2) is 5.79. The number of para-hydroxylation sites is 2. The minimum atomic E-state index is -1.92. The normalized spacial score (nSPS) is 25.5. The van der Waals surface area contributed by atoms with E-state index in [4.69, 9.17) is 9.47 Å². The lowest BCUT2D eigenvalue weighted by Crippen LogP contribution is -2.56. The van der Waals surface area contributed by atoms with Gasteiger partial charge in [0.2, 0.25) is 5.60 Å². The molecule has 2 bridgehead atoms. The van der Waals surface area contributed by atoms with Crippen molar-refractivity contribution in [1.29, 1.82) is 0 Å². The molecule has 3 aromatic carbocycles. The second-order valence-electron chi connectivity index (χ2n) is 9.72. The molecule has 3 aromatic heterocycles. The van der Waals surface area contributed by atoms with Crippen LogP contribution in [0.3, 0.4) is 0 Å². The third-order valence-corrected chi connectivity index (χ3v) is 8.23. The molecule has 6 aromatic rings. The minimum Gasteiger partial charge on any atom is -0.494 e. The van der Waals surface area contributed by atoms with Gasteiger partial charge in [0.05, 0.1) is 34.6 Å². The van der Waals surface area contributed by atoms with E-state index < -0.39 is 23.5 Å². The zero-order valence-corrected chi connectivity index (χ0v) is 19.0. The number of methoxy groups -OCH3 is 1. The molecule has 0 saturated carbocycles. The summed E-state index contributed by atoms with van der Waals surface area (Å²) in [6, 6.07) is 15.8. The molecule has 3 N–H and O–H groups in total. The first kappa shape index (κ1) is 19.3. The number of ether oxygens (including phenoxy) is 2. The molecule has 1 saturated heterocycles. The first-order valence-electron chi connectivity index (χ1n) is 11.6. The number of carbonyl (C=O) groups is 1. The smallest absolute Gasteiger partial charge is 0.343 e. The van der Waals surface area contributed by atoms with Gasteiger partial charge in [-0.1, -0.05) is 36.4 Å². The maximum Gasteiger partial charge on any atom is 0.343 e. The molecular formula is C27H21N3O5. The number of nitrogens with zero attached hydrogens (tertiary/aromatic N) is 2. The Morgan fingerprint density at radius 3 is 2.46 bits per heavy atom. The van der Waals surface area contributed by atoms with Crippen molar-refractivity contribution in [2.45, 2.75) is 30.9 Å². The van der Waals surface area contributed by atoms with Gasteiger partial charge >= 0.3 is 5.97 Å². The molecule has 3 atom stereocenters. The van der Waals surface area contributed by atoms with E-state index in [1.807, 2.05) is 59.3 Å². The number of hydrogen-bond donors (Lipinski definition) is 3. The SMILES string of the molecule is COC(=O)[C@]1(O)CC2O[C@@]1(C)n1c3ccccc3c3c4c[nH]c(O)c4c4c5ccccc5n2c4c31. The van der Waals surface area contributed by atoms with Crippen LogP contribution in [0.1, 0.15) is 19.6 Å². The Morgan fingerprint density at radius 1 is 1.03 bits per heavy atom. The molecule has 8 heteroatoms. The molecule has 8 nitrogen and oxygen atoms in total. The van der Waals surface area contributed by atoms with Gasteiger partial charge in [-0.3, -0.25) is 0 Å². The van der Waals surface area contributed by atoms with E-state index >= 15 is 0 Å². The number of benzene rings is 3. The first-order valence-corrected chi connectivity index (χ1v) is 11.6. The fraction of sp³-hybridized carbons (Fsp3) is 0.222. The van der Waals surface area contributed by atoms with Crippen LogP contribution in [0.5, 0.6) is 5.88 Å². The minimum absolute atomic E-state index is 0.0224. The second-order valence-corrected chi connectivity index (χ2v) is 9.72. The van der Waals surface area contributed by atoms with Gasteiger partial charge in [-0.05, 0) is 19.1 Å². The lowest BCUT2D eigenvalue weighted by molar-refractivity contribution is -0.202. The lowest BCUT2D eigenvalue weighted by Gasteiger charge is -2.37. The number of nitrogens with one attached hydrogen (secondary N) is 1. The number of aliphatic hydroxyl groups is 1. The fourth-order valence-electron chi connectivity index (χ4n) is 6.76. The van der Waals surface area contributed by atoms with Crippen molar-refractivity contribution in [3.8, 4) is 5.88 Å². The molecule has 35 heavy (non-hydrogen) atoms. The number of aromatic amines is 1. The van der Waals surface area contributed by atoms with Crippen LogP contribution in [0.4, 0.5) is 0 Å². The standard InChI is InChI=1S/C27H21N3O5/c1-26-27(33,25(32)34-2)11-18(35-26)29-16-9-5-3-7-13(16)20-21-15(12-28-24(21)31)19-14-8-4-6-10-17(14)30(26)23(19)22(20)29/h3-10,12,18,28,31,33H,11H2,1-2H3/t18?,26-,27-/m1/s1. The number of aromatic hydroxyl groups is 1. The van der Waals surface area contributed by atoms with E-state index in [1.165, 1.54) is 7.11 Å². The summed E-state index contributed by atoms with van der Waals surface area (Å²) in [5, 5.41) is 28.3. The summed E-state index contributed by atoms with van der Waals surface area (Å²) in [5.74, 6) is -0.626. The molecule has 1 unspecified atom stereocenters. The van der Waals surface area contributed by atoms with E-state index in [0.29, 0.717) is 0 Å². The predicted molar refractivity (Wildman–Crippen MR) is 131 cm³/mol. The highest BCUT2D eigenvalue weighted by atomic mass is 16.6. The lowest BCUT2D eigenvalue weighted by atomic mass is 9.89. The highest BCUT2D eigenvalue weighted by molar-refractivity contribution is 6.37. The van der Waals surface area contributed by atoms with Crippen LogP contribution in [0.15, 0.2) is 54.7 Å². The van der Waals surface area contributed by atoms with Crippen molar-refractivity contribution in [1.82, 2.24) is 14.1 Å². The van der Waals surface area contributed by atoms with Gasteiger partial charge in [-0.2, -0.15) is 0 Å². The summed E-state index contributed by atoms with van der Waals surface area (Å²) < 4.78 is 15.8. The number of H-pyrrole nitrogens is 1. The Bertz CT molecular complexity index is 1930. The van der Waals surface area contributed by atoms with Crippen LogP contribution in [0.2, 0.25) is 0 Å². The van der Waals surface area contributed by atoms with Gasteiger partial charge in [0.25, 0.3) is 0 Å². The molecule has 8 rings (SSSR count). The van der Waals surface area contributed by atoms with E-state index in [0.717, 1.165) is 54.4 Å². The van der Waals surface area contributed by atoms with Crippen LogP contribution in [0, 0.1) is 0 Å². The van der Waals surface area contributed by atoms with Crippen molar-refractivity contribution in [3.05, 3.63) is 54.7 Å². The van der Waals surface area contributed by atoms with Gasteiger partial charge in [-0.15, -0.1) is 0 Å². The van der Waals surface area contributed by atoms with Gasteiger partial charge < -0.3 is 33.8 Å². The zero-order valence-electron chi connectivity index (χ0n) is 19.0. The van der Waals surface area contributed by atoms with E-state index in [2.05, 4.69) is 9.55 Å². The summed E-state index contributed by atoms with van der Waals surface area (Å²) >= 11 is 0. The summed E-state index contributed by atoms with van der Waals surface area (Å²) in [7, 11) is 1.28. The Labute approximate surface area is 197 Å². The summed E-state index contributed by atoms with van der Waals surface area (Å²) in [6.45, 7) is 1.76. The van der Waals surface area contributed by atoms with E-state index in [9.17, 15) is 15.0 Å². The van der Waals surface area contributed by atoms with Gasteiger partial charge in [-0.25, -0.2) is 4.79 Å². The van der Waals surface area contributed by atoms with Crippen LogP contribution in [-0.4, -0.2) is 43.0 Å². The maximum atomic E-state index is 13.1. The summed E-state index contributed by atoms with van der Waals surface area (Å²) in [6.07, 6.45) is 1.21. The molecular weight excluding hydrogens is 446 g/mol. The molecule has 174 valence electrons. The molecule has 0 radical (unpaired) electrons. The molecule has 2 aliphatic rings. The highest BCUT2D eigenvalue weighted by Gasteiger charge is 2.65. The molecule has 2 aliphatic heterocycles. The number of rotatable bonds is 1. The van der Waals surface area contributed by atoms with Gasteiger partial charge in [0, 0.05) is 39.5 Å². The summed E-state index contributed by atoms with van der Waals surface area (Å²) in [4.78, 5) is 16.2.